The van der Waals surface area contributed by atoms with Gasteiger partial charge in [-0.3, -0.25) is 0 Å². The fourth-order valence-corrected chi connectivity index (χ4v) is 3.91. The number of halogens is 1. The summed E-state index contributed by atoms with van der Waals surface area (Å²) in [6, 6.07) is 10.7. The van der Waals surface area contributed by atoms with Gasteiger partial charge in [0.1, 0.15) is 11.6 Å². The normalized spacial score (nSPS) is 11.2. The predicted molar refractivity (Wildman–Crippen MR) is 105 cm³/mol. The molecule has 5 nitrogen and oxygen atoms in total. The van der Waals surface area contributed by atoms with E-state index in [-0.39, 0.29) is 5.82 Å². The number of hydrogen-bond donors (Lipinski definition) is 1. The molecule has 0 fully saturated rings. The minimum atomic E-state index is -0.206. The summed E-state index contributed by atoms with van der Waals surface area (Å²) in [5, 5.41) is 20.3. The van der Waals surface area contributed by atoms with Gasteiger partial charge in [-0.1, -0.05) is 6.07 Å². The molecule has 8 heteroatoms. The quantitative estimate of drug-likeness (QED) is 0.531. The first-order valence-electron chi connectivity index (χ1n) is 8.00. The Morgan fingerprint density at radius 3 is 2.88 bits per heavy atom. The van der Waals surface area contributed by atoms with Crippen LogP contribution in [0.1, 0.15) is 11.1 Å². The summed E-state index contributed by atoms with van der Waals surface area (Å²) in [7, 11) is 0. The Kier molecular flexibility index (Phi) is 4.85. The molecular weight excluding hydrogens is 369 g/mol. The van der Waals surface area contributed by atoms with Crippen LogP contribution in [0.25, 0.3) is 17.0 Å². The molecule has 0 unspecified atom stereocenters. The SMILES string of the molecule is CSCc1cc(F)ccc1CNc1ccc2nnc(-c3ccsc3)n2n1. The maximum absolute atomic E-state index is 13.5. The number of nitrogens with zero attached hydrogens (tertiary/aromatic N) is 4. The second-order valence-electron chi connectivity index (χ2n) is 5.72. The number of aromatic nitrogens is 4. The van der Waals surface area contributed by atoms with Crippen LogP contribution in [0.15, 0.2) is 47.2 Å². The van der Waals surface area contributed by atoms with Crippen molar-refractivity contribution in [3.05, 3.63) is 64.1 Å². The van der Waals surface area contributed by atoms with Crippen LogP contribution in [-0.2, 0) is 12.3 Å². The number of hydrogen-bond acceptors (Lipinski definition) is 6. The van der Waals surface area contributed by atoms with Crippen molar-refractivity contribution >= 4 is 34.6 Å². The van der Waals surface area contributed by atoms with E-state index in [9.17, 15) is 4.39 Å². The van der Waals surface area contributed by atoms with Crippen molar-refractivity contribution in [2.24, 2.45) is 0 Å². The van der Waals surface area contributed by atoms with Gasteiger partial charge in [0.2, 0.25) is 0 Å². The molecule has 0 radical (unpaired) electrons. The zero-order valence-corrected chi connectivity index (χ0v) is 15.6. The first kappa shape index (κ1) is 17.0. The lowest BCUT2D eigenvalue weighted by Crippen LogP contribution is -2.06. The first-order valence-corrected chi connectivity index (χ1v) is 10.3. The molecule has 3 aromatic heterocycles. The van der Waals surface area contributed by atoms with Gasteiger partial charge in [0.05, 0.1) is 0 Å². The van der Waals surface area contributed by atoms with Crippen LogP contribution in [0, 0.1) is 5.82 Å². The van der Waals surface area contributed by atoms with Crippen LogP contribution in [0.4, 0.5) is 10.2 Å². The van der Waals surface area contributed by atoms with E-state index < -0.39 is 0 Å². The van der Waals surface area contributed by atoms with Crippen LogP contribution < -0.4 is 5.32 Å². The van der Waals surface area contributed by atoms with Gasteiger partial charge in [-0.25, -0.2) is 4.39 Å². The third-order valence-corrected chi connectivity index (χ3v) is 5.25. The van der Waals surface area contributed by atoms with Gasteiger partial charge in [0.15, 0.2) is 11.5 Å². The molecule has 0 bridgehead atoms. The average molecular weight is 385 g/mol. The van der Waals surface area contributed by atoms with Crippen molar-refractivity contribution in [3.8, 4) is 11.4 Å². The highest BCUT2D eigenvalue weighted by molar-refractivity contribution is 7.97. The summed E-state index contributed by atoms with van der Waals surface area (Å²) in [5.74, 6) is 2.00. The number of rotatable bonds is 6. The zero-order valence-electron chi connectivity index (χ0n) is 14.0. The Bertz CT molecular complexity index is 1030. The monoisotopic (exact) mass is 385 g/mol. The van der Waals surface area contributed by atoms with E-state index in [2.05, 4.69) is 20.6 Å². The summed E-state index contributed by atoms with van der Waals surface area (Å²) >= 11 is 3.28. The van der Waals surface area contributed by atoms with Crippen molar-refractivity contribution < 1.29 is 4.39 Å². The molecule has 0 aliphatic carbocycles. The van der Waals surface area contributed by atoms with Gasteiger partial charge in [-0.15, -0.1) is 15.3 Å². The van der Waals surface area contributed by atoms with E-state index in [1.807, 2.05) is 41.3 Å². The standard InChI is InChI=1S/C18H16FN5S2/c1-25-10-14-8-15(19)3-2-12(14)9-20-16-4-5-17-21-22-18(24(17)23-16)13-6-7-26-11-13/h2-8,11H,9-10H2,1H3,(H,20,23). The molecular formula is C18H16FN5S2. The molecule has 0 atom stereocenters. The number of nitrogens with one attached hydrogen (secondary N) is 1. The van der Waals surface area contributed by atoms with Crippen molar-refractivity contribution in [3.63, 3.8) is 0 Å². The maximum atomic E-state index is 13.5. The maximum Gasteiger partial charge on any atom is 0.186 e. The summed E-state index contributed by atoms with van der Waals surface area (Å²) in [6.07, 6.45) is 2.01. The molecule has 4 aromatic rings. The molecule has 1 aromatic carbocycles. The largest absolute Gasteiger partial charge is 0.365 e. The van der Waals surface area contributed by atoms with E-state index >= 15 is 0 Å². The van der Waals surface area contributed by atoms with E-state index in [1.54, 1.807) is 33.7 Å². The molecule has 0 saturated carbocycles. The highest BCUT2D eigenvalue weighted by atomic mass is 32.2. The molecule has 3 heterocycles. The number of thioether (sulfide) groups is 1. The highest BCUT2D eigenvalue weighted by Crippen LogP contribution is 2.22. The van der Waals surface area contributed by atoms with Crippen LogP contribution in [0.3, 0.4) is 0 Å². The molecule has 0 spiro atoms. The van der Waals surface area contributed by atoms with Crippen LogP contribution >= 0.6 is 23.1 Å². The second kappa shape index (κ2) is 7.43. The molecule has 4 rings (SSSR count). The molecule has 0 aliphatic heterocycles. The smallest absolute Gasteiger partial charge is 0.186 e. The van der Waals surface area contributed by atoms with E-state index in [4.69, 9.17) is 0 Å². The van der Waals surface area contributed by atoms with Crippen molar-refractivity contribution in [2.45, 2.75) is 12.3 Å². The van der Waals surface area contributed by atoms with Gasteiger partial charge in [0.25, 0.3) is 0 Å². The van der Waals surface area contributed by atoms with Gasteiger partial charge in [-0.05, 0) is 53.1 Å². The van der Waals surface area contributed by atoms with Gasteiger partial charge in [-0.2, -0.15) is 27.6 Å². The molecule has 0 saturated heterocycles. The Balaban J connectivity index is 1.59. The van der Waals surface area contributed by atoms with Crippen LogP contribution in [-0.4, -0.2) is 26.1 Å². The van der Waals surface area contributed by atoms with Crippen molar-refractivity contribution in [1.29, 1.82) is 0 Å². The van der Waals surface area contributed by atoms with E-state index in [0.717, 1.165) is 28.3 Å². The molecule has 132 valence electrons. The van der Waals surface area contributed by atoms with Gasteiger partial charge < -0.3 is 5.32 Å². The number of benzene rings is 1. The highest BCUT2D eigenvalue weighted by Gasteiger charge is 2.11. The lowest BCUT2D eigenvalue weighted by atomic mass is 10.1. The zero-order chi connectivity index (χ0) is 17.9. The van der Waals surface area contributed by atoms with Gasteiger partial charge >= 0.3 is 0 Å². The Labute approximate surface area is 158 Å². The van der Waals surface area contributed by atoms with Crippen LogP contribution in [0.5, 0.6) is 0 Å². The Morgan fingerprint density at radius 1 is 1.15 bits per heavy atom. The van der Waals surface area contributed by atoms with Crippen molar-refractivity contribution in [1.82, 2.24) is 19.8 Å². The fourth-order valence-electron chi connectivity index (χ4n) is 2.70. The van der Waals surface area contributed by atoms with Crippen LogP contribution in [0.2, 0.25) is 0 Å². The topological polar surface area (TPSA) is 55.1 Å². The second-order valence-corrected chi connectivity index (χ2v) is 7.37. The van der Waals surface area contributed by atoms with E-state index in [0.29, 0.717) is 18.0 Å². The lowest BCUT2D eigenvalue weighted by Gasteiger charge is -2.11. The minimum absolute atomic E-state index is 0.206. The Morgan fingerprint density at radius 2 is 2.08 bits per heavy atom. The predicted octanol–water partition coefficient (Wildman–Crippen LogP) is 4.47. The molecule has 26 heavy (non-hydrogen) atoms. The average Bonchev–Trinajstić information content (AvgIpc) is 3.30. The summed E-state index contributed by atoms with van der Waals surface area (Å²) in [5.41, 5.74) is 3.74. The summed E-state index contributed by atoms with van der Waals surface area (Å²) < 4.78 is 15.2. The minimum Gasteiger partial charge on any atom is -0.365 e. The van der Waals surface area contributed by atoms with E-state index in [1.165, 1.54) is 6.07 Å². The third kappa shape index (κ3) is 3.42. The number of fused-ring (bicyclic) bond motifs is 1. The summed E-state index contributed by atoms with van der Waals surface area (Å²) in [4.78, 5) is 0. The summed E-state index contributed by atoms with van der Waals surface area (Å²) in [6.45, 7) is 0.574. The number of thiophene rings is 1. The Hall–Kier alpha value is -2.45. The molecule has 0 amide bonds. The molecule has 0 aliphatic rings. The number of anilines is 1. The van der Waals surface area contributed by atoms with Gasteiger partial charge in [0, 0.05) is 23.2 Å². The lowest BCUT2D eigenvalue weighted by molar-refractivity contribution is 0.625. The first-order chi connectivity index (χ1) is 12.7. The van der Waals surface area contributed by atoms with Crippen molar-refractivity contribution in [2.75, 3.05) is 11.6 Å². The third-order valence-electron chi connectivity index (χ3n) is 3.97. The molecule has 1 N–H and O–H groups in total. The fraction of sp³-hybridized carbons (Fsp3) is 0.167.